The van der Waals surface area contributed by atoms with E-state index in [-0.39, 0.29) is 12.4 Å². The second-order valence-corrected chi connectivity index (χ2v) is 4.47. The zero-order valence-corrected chi connectivity index (χ0v) is 11.2. The van der Waals surface area contributed by atoms with Gasteiger partial charge in [0.05, 0.1) is 12.3 Å². The molecule has 2 nitrogen and oxygen atoms in total. The Morgan fingerprint density at radius 2 is 1.84 bits per heavy atom. The quantitative estimate of drug-likeness (QED) is 0.903. The van der Waals surface area contributed by atoms with Crippen LogP contribution in [-0.4, -0.2) is 11.7 Å². The van der Waals surface area contributed by atoms with Gasteiger partial charge in [0.1, 0.15) is 5.82 Å². The van der Waals surface area contributed by atoms with Crippen molar-refractivity contribution in [3.63, 3.8) is 0 Å². The van der Waals surface area contributed by atoms with Gasteiger partial charge in [-0.1, -0.05) is 24.3 Å². The lowest BCUT2D eigenvalue weighted by Gasteiger charge is -2.25. The van der Waals surface area contributed by atoms with Crippen molar-refractivity contribution in [1.29, 1.82) is 0 Å². The Balaban J connectivity index is 2.46. The Kier molecular flexibility index (Phi) is 4.17. The molecule has 100 valence electrons. The van der Waals surface area contributed by atoms with Gasteiger partial charge in [-0.3, -0.25) is 0 Å². The van der Waals surface area contributed by atoms with Crippen molar-refractivity contribution in [3.05, 3.63) is 59.4 Å². The van der Waals surface area contributed by atoms with Crippen LogP contribution in [0.25, 0.3) is 0 Å². The highest BCUT2D eigenvalue weighted by molar-refractivity contribution is 5.67. The van der Waals surface area contributed by atoms with Crippen LogP contribution in [0.3, 0.4) is 0 Å². The molecule has 0 radical (unpaired) electrons. The van der Waals surface area contributed by atoms with Crippen LogP contribution in [0.2, 0.25) is 0 Å². The first-order valence-electron chi connectivity index (χ1n) is 6.39. The number of aryl methyl sites for hydroxylation is 1. The molecule has 1 N–H and O–H groups in total. The van der Waals surface area contributed by atoms with Gasteiger partial charge in [-0.25, -0.2) is 4.39 Å². The molecule has 0 saturated carbocycles. The summed E-state index contributed by atoms with van der Waals surface area (Å²) in [4.78, 5) is 1.94. The lowest BCUT2D eigenvalue weighted by Crippen LogP contribution is -2.18. The number of aliphatic hydroxyl groups excluding tert-OH is 1. The highest BCUT2D eigenvalue weighted by atomic mass is 19.1. The lowest BCUT2D eigenvalue weighted by atomic mass is 10.1. The minimum atomic E-state index is -0.227. The minimum absolute atomic E-state index is 0.0208. The molecule has 19 heavy (non-hydrogen) atoms. The monoisotopic (exact) mass is 259 g/mol. The van der Waals surface area contributed by atoms with Crippen molar-refractivity contribution in [2.24, 2.45) is 0 Å². The number of halogens is 1. The maximum atomic E-state index is 13.9. The Morgan fingerprint density at radius 3 is 2.42 bits per heavy atom. The molecule has 0 unspecified atom stereocenters. The predicted molar refractivity (Wildman–Crippen MR) is 76.2 cm³/mol. The normalized spacial score (nSPS) is 10.5. The summed E-state index contributed by atoms with van der Waals surface area (Å²) in [5.74, 6) is -0.227. The largest absolute Gasteiger partial charge is 0.392 e. The third kappa shape index (κ3) is 2.76. The van der Waals surface area contributed by atoms with E-state index in [1.54, 1.807) is 12.1 Å². The van der Waals surface area contributed by atoms with Crippen LogP contribution in [0.5, 0.6) is 0 Å². The van der Waals surface area contributed by atoms with Crippen LogP contribution in [0.1, 0.15) is 18.1 Å². The summed E-state index contributed by atoms with van der Waals surface area (Å²) in [5.41, 5.74) is 3.43. The Hall–Kier alpha value is -1.87. The third-order valence-corrected chi connectivity index (χ3v) is 3.19. The van der Waals surface area contributed by atoms with E-state index in [0.717, 1.165) is 16.8 Å². The molecule has 2 rings (SSSR count). The number of para-hydroxylation sites is 1. The average Bonchev–Trinajstić information content (AvgIpc) is 2.43. The molecule has 0 heterocycles. The number of hydrogen-bond donors (Lipinski definition) is 1. The van der Waals surface area contributed by atoms with Gasteiger partial charge < -0.3 is 10.0 Å². The smallest absolute Gasteiger partial charge is 0.146 e. The maximum absolute atomic E-state index is 13.9. The zero-order valence-electron chi connectivity index (χ0n) is 11.2. The summed E-state index contributed by atoms with van der Waals surface area (Å²) in [5, 5.41) is 9.14. The van der Waals surface area contributed by atoms with Gasteiger partial charge in [0, 0.05) is 12.2 Å². The Bertz CT molecular complexity index is 568. The molecule has 0 aliphatic heterocycles. The van der Waals surface area contributed by atoms with Crippen LogP contribution in [0.4, 0.5) is 15.8 Å². The fraction of sp³-hybridized carbons (Fsp3) is 0.250. The Labute approximate surface area is 113 Å². The second-order valence-electron chi connectivity index (χ2n) is 4.47. The van der Waals surface area contributed by atoms with E-state index in [2.05, 4.69) is 0 Å². The van der Waals surface area contributed by atoms with Gasteiger partial charge in [-0.2, -0.15) is 0 Å². The molecule has 0 aliphatic carbocycles. The molecule has 0 fully saturated rings. The summed E-state index contributed by atoms with van der Waals surface area (Å²) in [6, 6.07) is 12.5. The predicted octanol–water partition coefficient (Wildman–Crippen LogP) is 3.78. The molecular weight excluding hydrogens is 241 g/mol. The third-order valence-electron chi connectivity index (χ3n) is 3.19. The van der Waals surface area contributed by atoms with Crippen LogP contribution < -0.4 is 4.90 Å². The van der Waals surface area contributed by atoms with Crippen LogP contribution in [-0.2, 0) is 6.61 Å². The van der Waals surface area contributed by atoms with Gasteiger partial charge in [0.2, 0.25) is 0 Å². The van der Waals surface area contributed by atoms with Gasteiger partial charge in [0.25, 0.3) is 0 Å². The molecular formula is C16H18FNO. The second kappa shape index (κ2) is 5.85. The average molecular weight is 259 g/mol. The molecule has 2 aromatic rings. The van der Waals surface area contributed by atoms with Gasteiger partial charge in [-0.15, -0.1) is 0 Å². The van der Waals surface area contributed by atoms with Gasteiger partial charge >= 0.3 is 0 Å². The lowest BCUT2D eigenvalue weighted by molar-refractivity contribution is 0.282. The Morgan fingerprint density at radius 1 is 1.11 bits per heavy atom. The minimum Gasteiger partial charge on any atom is -0.392 e. The van der Waals surface area contributed by atoms with E-state index in [9.17, 15) is 4.39 Å². The van der Waals surface area contributed by atoms with E-state index >= 15 is 0 Å². The van der Waals surface area contributed by atoms with Crippen molar-refractivity contribution < 1.29 is 9.50 Å². The fourth-order valence-corrected chi connectivity index (χ4v) is 2.26. The molecule has 0 atom stereocenters. The van der Waals surface area contributed by atoms with E-state index < -0.39 is 0 Å². The molecule has 3 heteroatoms. The number of nitrogens with zero attached hydrogens (tertiary/aromatic N) is 1. The van der Waals surface area contributed by atoms with Crippen molar-refractivity contribution in [3.8, 4) is 0 Å². The summed E-state index contributed by atoms with van der Waals surface area (Å²) >= 11 is 0. The number of rotatable bonds is 4. The first-order valence-corrected chi connectivity index (χ1v) is 6.39. The number of hydrogen-bond acceptors (Lipinski definition) is 2. The summed E-state index contributed by atoms with van der Waals surface area (Å²) in [7, 11) is 0. The zero-order chi connectivity index (χ0) is 13.8. The van der Waals surface area contributed by atoms with Gasteiger partial charge in [-0.05, 0) is 43.2 Å². The molecule has 0 bridgehead atoms. The standard InChI is InChI=1S/C16H18FNO/c1-3-18(16-7-5-4-6-14(16)17)15-9-8-13(11-19)10-12(15)2/h4-10,19H,3,11H2,1-2H3. The van der Waals surface area contributed by atoms with Gasteiger partial charge in [0.15, 0.2) is 0 Å². The summed E-state index contributed by atoms with van der Waals surface area (Å²) in [6.45, 7) is 4.66. The fourth-order valence-electron chi connectivity index (χ4n) is 2.26. The van der Waals surface area contributed by atoms with E-state index in [4.69, 9.17) is 5.11 Å². The van der Waals surface area contributed by atoms with Crippen LogP contribution in [0, 0.1) is 12.7 Å². The number of anilines is 2. The van der Waals surface area contributed by atoms with Crippen molar-refractivity contribution in [2.75, 3.05) is 11.4 Å². The molecule has 0 amide bonds. The number of benzene rings is 2. The topological polar surface area (TPSA) is 23.5 Å². The first kappa shape index (κ1) is 13.6. The highest BCUT2D eigenvalue weighted by Gasteiger charge is 2.13. The first-order chi connectivity index (χ1) is 9.17. The molecule has 2 aromatic carbocycles. The van der Waals surface area contributed by atoms with Crippen LogP contribution in [0.15, 0.2) is 42.5 Å². The SMILES string of the molecule is CCN(c1ccc(CO)cc1C)c1ccccc1F. The van der Waals surface area contributed by atoms with Crippen molar-refractivity contribution in [2.45, 2.75) is 20.5 Å². The van der Waals surface area contributed by atoms with E-state index in [1.807, 2.05) is 43.0 Å². The van der Waals surface area contributed by atoms with E-state index in [0.29, 0.717) is 12.2 Å². The summed E-state index contributed by atoms with van der Waals surface area (Å²) in [6.07, 6.45) is 0. The molecule has 0 aromatic heterocycles. The van der Waals surface area contributed by atoms with E-state index in [1.165, 1.54) is 6.07 Å². The number of aliphatic hydroxyl groups is 1. The summed E-state index contributed by atoms with van der Waals surface area (Å²) < 4.78 is 13.9. The maximum Gasteiger partial charge on any atom is 0.146 e. The molecule has 0 saturated heterocycles. The molecule has 0 aliphatic rings. The highest BCUT2D eigenvalue weighted by Crippen LogP contribution is 2.30. The van der Waals surface area contributed by atoms with Crippen molar-refractivity contribution >= 4 is 11.4 Å². The van der Waals surface area contributed by atoms with Crippen molar-refractivity contribution in [1.82, 2.24) is 0 Å². The van der Waals surface area contributed by atoms with Crippen LogP contribution >= 0.6 is 0 Å². The molecule has 0 spiro atoms.